The van der Waals surface area contributed by atoms with E-state index in [-0.39, 0.29) is 0 Å². The van der Waals surface area contributed by atoms with Crippen LogP contribution >= 0.6 is 22.9 Å². The Bertz CT molecular complexity index is 411. The zero-order valence-corrected chi connectivity index (χ0v) is 8.27. The highest BCUT2D eigenvalue weighted by Gasteiger charge is 2.05. The predicted octanol–water partition coefficient (Wildman–Crippen LogP) is 3.05. The van der Waals surface area contributed by atoms with E-state index < -0.39 is 0 Å². The summed E-state index contributed by atoms with van der Waals surface area (Å²) in [5.74, 6) is 0. The molecule has 2 aromatic rings. The van der Waals surface area contributed by atoms with Gasteiger partial charge in [-0.05, 0) is 23.8 Å². The maximum atomic E-state index is 5.84. The van der Waals surface area contributed by atoms with E-state index in [1.54, 1.807) is 12.4 Å². The van der Waals surface area contributed by atoms with Crippen molar-refractivity contribution in [2.45, 2.75) is 0 Å². The van der Waals surface area contributed by atoms with Gasteiger partial charge in [0.15, 0.2) is 0 Å². The number of aromatic nitrogens is 1. The summed E-state index contributed by atoms with van der Waals surface area (Å²) in [6, 6.07) is 5.69. The molecule has 0 bridgehead atoms. The summed E-state index contributed by atoms with van der Waals surface area (Å²) in [5, 5.41) is 0.746. The molecule has 0 aliphatic carbocycles. The van der Waals surface area contributed by atoms with Gasteiger partial charge in [0.05, 0.1) is 9.34 Å². The van der Waals surface area contributed by atoms with E-state index in [0.717, 1.165) is 16.1 Å². The number of halogens is 1. The second-order valence-electron chi connectivity index (χ2n) is 2.56. The second-order valence-corrected chi connectivity index (χ2v) is 4.28. The van der Waals surface area contributed by atoms with E-state index in [4.69, 9.17) is 17.3 Å². The van der Waals surface area contributed by atoms with Gasteiger partial charge in [-0.1, -0.05) is 11.6 Å². The Hall–Kier alpha value is -1.06. The molecule has 0 unspecified atom stereocenters. The van der Waals surface area contributed by atoms with Gasteiger partial charge in [-0.3, -0.25) is 4.98 Å². The van der Waals surface area contributed by atoms with Crippen molar-refractivity contribution in [1.82, 2.24) is 4.98 Å². The molecule has 13 heavy (non-hydrogen) atoms. The first-order valence-corrected chi connectivity index (χ1v) is 4.92. The molecule has 0 saturated heterocycles. The Labute approximate surface area is 85.0 Å². The third kappa shape index (κ3) is 1.66. The van der Waals surface area contributed by atoms with Crippen molar-refractivity contribution in [2.75, 3.05) is 5.73 Å². The van der Waals surface area contributed by atoms with Crippen LogP contribution in [-0.4, -0.2) is 4.98 Å². The summed E-state index contributed by atoms with van der Waals surface area (Å²) in [4.78, 5) is 3.94. The average Bonchev–Trinajstić information content (AvgIpc) is 2.47. The van der Waals surface area contributed by atoms with E-state index in [9.17, 15) is 0 Å². The molecular formula is C9H7ClN2S. The number of nitrogen functional groups attached to an aromatic ring is 1. The molecule has 2 N–H and O–H groups in total. The fourth-order valence-corrected chi connectivity index (χ4v) is 2.16. The van der Waals surface area contributed by atoms with Gasteiger partial charge in [-0.15, -0.1) is 11.3 Å². The van der Waals surface area contributed by atoms with Crippen LogP contribution in [0.5, 0.6) is 0 Å². The summed E-state index contributed by atoms with van der Waals surface area (Å²) < 4.78 is 0.712. The Morgan fingerprint density at radius 1 is 1.31 bits per heavy atom. The van der Waals surface area contributed by atoms with E-state index in [1.165, 1.54) is 11.3 Å². The molecule has 0 saturated carbocycles. The Morgan fingerprint density at radius 2 is 2.00 bits per heavy atom. The maximum absolute atomic E-state index is 5.84. The molecule has 0 aromatic carbocycles. The van der Waals surface area contributed by atoms with Crippen LogP contribution in [0.15, 0.2) is 30.6 Å². The molecule has 4 heteroatoms. The van der Waals surface area contributed by atoms with Gasteiger partial charge in [0.1, 0.15) is 0 Å². The summed E-state index contributed by atoms with van der Waals surface area (Å²) in [6.45, 7) is 0. The highest BCUT2D eigenvalue weighted by atomic mass is 35.5. The predicted molar refractivity (Wildman–Crippen MR) is 57.0 cm³/mol. The minimum absolute atomic E-state index is 0.712. The highest BCUT2D eigenvalue weighted by Crippen LogP contribution is 2.35. The number of hydrogen-bond donors (Lipinski definition) is 1. The third-order valence-electron chi connectivity index (χ3n) is 1.72. The largest absolute Gasteiger partial charge is 0.390 e. The topological polar surface area (TPSA) is 38.9 Å². The zero-order valence-electron chi connectivity index (χ0n) is 6.70. The minimum atomic E-state index is 0.712. The minimum Gasteiger partial charge on any atom is -0.390 e. The fourth-order valence-electron chi connectivity index (χ4n) is 1.13. The summed E-state index contributed by atoms with van der Waals surface area (Å²) in [5.41, 5.74) is 7.82. The number of rotatable bonds is 1. The second kappa shape index (κ2) is 3.36. The van der Waals surface area contributed by atoms with Crippen molar-refractivity contribution >= 4 is 27.9 Å². The number of nitrogens with zero attached hydrogens (tertiary/aromatic N) is 1. The van der Waals surface area contributed by atoms with Gasteiger partial charge < -0.3 is 5.73 Å². The molecule has 0 amide bonds. The van der Waals surface area contributed by atoms with E-state index in [0.29, 0.717) is 4.34 Å². The van der Waals surface area contributed by atoms with Gasteiger partial charge in [0.25, 0.3) is 0 Å². The van der Waals surface area contributed by atoms with Crippen molar-refractivity contribution < 1.29 is 0 Å². The van der Waals surface area contributed by atoms with Gasteiger partial charge >= 0.3 is 0 Å². The fraction of sp³-hybridized carbons (Fsp3) is 0. The lowest BCUT2D eigenvalue weighted by atomic mass is 10.1. The molecule has 0 aliphatic rings. The van der Waals surface area contributed by atoms with E-state index in [2.05, 4.69) is 4.98 Å². The number of anilines is 1. The smallest absolute Gasteiger partial charge is 0.0956 e. The van der Waals surface area contributed by atoms with Crippen LogP contribution in [0.25, 0.3) is 11.1 Å². The van der Waals surface area contributed by atoms with Crippen molar-refractivity contribution in [3.63, 3.8) is 0 Å². The highest BCUT2D eigenvalue weighted by molar-refractivity contribution is 7.20. The average molecular weight is 211 g/mol. The summed E-state index contributed by atoms with van der Waals surface area (Å²) >= 11 is 7.23. The van der Waals surface area contributed by atoms with Gasteiger partial charge in [0.2, 0.25) is 0 Å². The van der Waals surface area contributed by atoms with Crippen LogP contribution in [-0.2, 0) is 0 Å². The van der Waals surface area contributed by atoms with Crippen molar-refractivity contribution in [1.29, 1.82) is 0 Å². The first kappa shape index (κ1) is 8.53. The van der Waals surface area contributed by atoms with Crippen molar-refractivity contribution in [3.05, 3.63) is 34.9 Å². The van der Waals surface area contributed by atoms with Crippen molar-refractivity contribution in [3.8, 4) is 11.1 Å². The molecule has 66 valence electrons. The molecule has 0 spiro atoms. The van der Waals surface area contributed by atoms with Crippen molar-refractivity contribution in [2.24, 2.45) is 0 Å². The van der Waals surface area contributed by atoms with Gasteiger partial charge in [-0.2, -0.15) is 0 Å². The summed E-state index contributed by atoms with van der Waals surface area (Å²) in [7, 11) is 0. The first-order valence-electron chi connectivity index (χ1n) is 3.72. The van der Waals surface area contributed by atoms with Gasteiger partial charge in [-0.25, -0.2) is 0 Å². The molecule has 2 heterocycles. The normalized spacial score (nSPS) is 10.2. The SMILES string of the molecule is Nc1sc(Cl)cc1-c1ccncc1. The molecule has 0 atom stereocenters. The number of thiophene rings is 1. The Balaban J connectivity index is 2.53. The van der Waals surface area contributed by atoms with Crippen LogP contribution < -0.4 is 5.73 Å². The van der Waals surface area contributed by atoms with E-state index in [1.807, 2.05) is 18.2 Å². The zero-order chi connectivity index (χ0) is 9.26. The quantitative estimate of drug-likeness (QED) is 0.786. The molecule has 0 radical (unpaired) electrons. The molecular weight excluding hydrogens is 204 g/mol. The monoisotopic (exact) mass is 210 g/mol. The van der Waals surface area contributed by atoms with Crippen LogP contribution in [0.2, 0.25) is 4.34 Å². The Morgan fingerprint density at radius 3 is 2.54 bits per heavy atom. The third-order valence-corrected chi connectivity index (χ3v) is 2.82. The Kier molecular flexibility index (Phi) is 2.20. The van der Waals surface area contributed by atoms with E-state index >= 15 is 0 Å². The molecule has 2 rings (SSSR count). The number of pyridine rings is 1. The molecule has 2 aromatic heterocycles. The number of hydrogen-bond acceptors (Lipinski definition) is 3. The van der Waals surface area contributed by atoms with Crippen LogP contribution in [0, 0.1) is 0 Å². The number of nitrogens with two attached hydrogens (primary N) is 1. The lowest BCUT2D eigenvalue weighted by Gasteiger charge is -1.97. The molecule has 0 fully saturated rings. The molecule has 2 nitrogen and oxygen atoms in total. The lowest BCUT2D eigenvalue weighted by Crippen LogP contribution is -1.82. The van der Waals surface area contributed by atoms with Crippen LogP contribution in [0.4, 0.5) is 5.00 Å². The molecule has 0 aliphatic heterocycles. The summed E-state index contributed by atoms with van der Waals surface area (Å²) in [6.07, 6.45) is 3.47. The lowest BCUT2D eigenvalue weighted by molar-refractivity contribution is 1.33. The van der Waals surface area contributed by atoms with Gasteiger partial charge in [0, 0.05) is 18.0 Å². The maximum Gasteiger partial charge on any atom is 0.0956 e. The van der Waals surface area contributed by atoms with Crippen LogP contribution in [0.1, 0.15) is 0 Å². The first-order chi connectivity index (χ1) is 6.27. The standard InChI is InChI=1S/C9H7ClN2S/c10-8-5-7(9(11)13-8)6-1-3-12-4-2-6/h1-5H,11H2. The van der Waals surface area contributed by atoms with Crippen LogP contribution in [0.3, 0.4) is 0 Å².